The van der Waals surface area contributed by atoms with Crippen LogP contribution >= 0.6 is 15.9 Å². The van der Waals surface area contributed by atoms with Crippen LogP contribution in [0.3, 0.4) is 0 Å². The summed E-state index contributed by atoms with van der Waals surface area (Å²) in [7, 11) is 0. The molecule has 5 heteroatoms. The maximum absolute atomic E-state index is 12.4. The molecule has 0 aliphatic carbocycles. The summed E-state index contributed by atoms with van der Waals surface area (Å²) >= 11 is 3.36. The number of carbonyl (C=O) groups excluding carboxylic acids is 2. The zero-order valence-electron chi connectivity index (χ0n) is 11.1. The molecule has 1 saturated heterocycles. The second-order valence-corrected chi connectivity index (χ2v) is 5.73. The zero-order valence-corrected chi connectivity index (χ0v) is 12.7. The Balaban J connectivity index is 1.79. The molecule has 1 N–H and O–H groups in total. The Kier molecular flexibility index (Phi) is 3.75. The van der Waals surface area contributed by atoms with Gasteiger partial charge in [0, 0.05) is 10.2 Å². The van der Waals surface area contributed by atoms with Crippen molar-refractivity contribution in [1.82, 2.24) is 0 Å². The highest BCUT2D eigenvalue weighted by Gasteiger charge is 2.39. The van der Waals surface area contributed by atoms with E-state index in [4.69, 9.17) is 0 Å². The highest BCUT2D eigenvalue weighted by Crippen LogP contribution is 2.25. The van der Waals surface area contributed by atoms with E-state index >= 15 is 0 Å². The molecule has 2 aromatic carbocycles. The van der Waals surface area contributed by atoms with Crippen LogP contribution in [0.4, 0.5) is 11.4 Å². The molecule has 21 heavy (non-hydrogen) atoms. The molecule has 0 radical (unpaired) electrons. The minimum Gasteiger partial charge on any atom is -0.373 e. The molecule has 106 valence electrons. The highest BCUT2D eigenvalue weighted by molar-refractivity contribution is 9.10. The van der Waals surface area contributed by atoms with E-state index in [9.17, 15) is 9.59 Å². The van der Waals surface area contributed by atoms with Crippen LogP contribution in [0.5, 0.6) is 0 Å². The topological polar surface area (TPSA) is 49.4 Å². The van der Waals surface area contributed by atoms with Crippen LogP contribution in [0.15, 0.2) is 59.1 Å². The zero-order chi connectivity index (χ0) is 14.8. The van der Waals surface area contributed by atoms with E-state index in [-0.39, 0.29) is 18.2 Å². The Labute approximate surface area is 130 Å². The fourth-order valence-corrected chi connectivity index (χ4v) is 2.60. The van der Waals surface area contributed by atoms with Crippen molar-refractivity contribution in [2.75, 3.05) is 10.2 Å². The Hall–Kier alpha value is -2.14. The van der Waals surface area contributed by atoms with Gasteiger partial charge in [-0.05, 0) is 36.4 Å². The standard InChI is InChI=1S/C16H13BrN2O2/c17-11-6-8-12(9-7-11)18-14-10-15(20)19(16(14)21)13-4-2-1-3-5-13/h1-9,14,18H,10H2. The largest absolute Gasteiger partial charge is 0.373 e. The Bertz CT molecular complexity index is 670. The van der Waals surface area contributed by atoms with Crippen LogP contribution in [0, 0.1) is 0 Å². The van der Waals surface area contributed by atoms with Gasteiger partial charge in [-0.3, -0.25) is 9.59 Å². The first kappa shape index (κ1) is 13.8. The van der Waals surface area contributed by atoms with Gasteiger partial charge in [0.15, 0.2) is 0 Å². The van der Waals surface area contributed by atoms with Gasteiger partial charge in [0.1, 0.15) is 6.04 Å². The Morgan fingerprint density at radius 2 is 1.67 bits per heavy atom. The first-order chi connectivity index (χ1) is 10.1. The van der Waals surface area contributed by atoms with E-state index < -0.39 is 6.04 Å². The van der Waals surface area contributed by atoms with Gasteiger partial charge in [-0.2, -0.15) is 0 Å². The number of nitrogens with one attached hydrogen (secondary N) is 1. The summed E-state index contributed by atoms with van der Waals surface area (Å²) in [4.78, 5) is 25.8. The number of anilines is 2. The second-order valence-electron chi connectivity index (χ2n) is 4.81. The molecule has 3 rings (SSSR count). The van der Waals surface area contributed by atoms with E-state index in [1.165, 1.54) is 4.90 Å². The van der Waals surface area contributed by atoms with Gasteiger partial charge in [-0.15, -0.1) is 0 Å². The smallest absolute Gasteiger partial charge is 0.256 e. The summed E-state index contributed by atoms with van der Waals surface area (Å²) < 4.78 is 0.966. The maximum atomic E-state index is 12.4. The minimum atomic E-state index is -0.515. The lowest BCUT2D eigenvalue weighted by Crippen LogP contribution is -2.34. The summed E-state index contributed by atoms with van der Waals surface area (Å²) in [5, 5.41) is 3.12. The monoisotopic (exact) mass is 344 g/mol. The van der Waals surface area contributed by atoms with Crippen LogP contribution in [-0.4, -0.2) is 17.9 Å². The maximum Gasteiger partial charge on any atom is 0.256 e. The van der Waals surface area contributed by atoms with Crippen LogP contribution in [0.1, 0.15) is 6.42 Å². The number of carbonyl (C=O) groups is 2. The Morgan fingerprint density at radius 1 is 1.00 bits per heavy atom. The SMILES string of the molecule is O=C1CC(Nc2ccc(Br)cc2)C(=O)N1c1ccccc1. The van der Waals surface area contributed by atoms with Crippen molar-refractivity contribution in [3.63, 3.8) is 0 Å². The third-order valence-corrected chi connectivity index (χ3v) is 3.87. The van der Waals surface area contributed by atoms with Crippen LogP contribution in [-0.2, 0) is 9.59 Å². The van der Waals surface area contributed by atoms with Crippen LogP contribution in [0.25, 0.3) is 0 Å². The predicted octanol–water partition coefficient (Wildman–Crippen LogP) is 3.19. The molecule has 1 atom stereocenters. The van der Waals surface area contributed by atoms with E-state index in [2.05, 4.69) is 21.2 Å². The van der Waals surface area contributed by atoms with Crippen molar-refractivity contribution in [1.29, 1.82) is 0 Å². The van der Waals surface area contributed by atoms with E-state index in [1.54, 1.807) is 12.1 Å². The van der Waals surface area contributed by atoms with Gasteiger partial charge in [0.2, 0.25) is 5.91 Å². The van der Waals surface area contributed by atoms with Gasteiger partial charge in [0.25, 0.3) is 5.91 Å². The lowest BCUT2D eigenvalue weighted by atomic mass is 10.2. The number of hydrogen-bond acceptors (Lipinski definition) is 3. The molecule has 1 fully saturated rings. The van der Waals surface area contributed by atoms with Gasteiger partial charge < -0.3 is 5.32 Å². The number of benzene rings is 2. The highest BCUT2D eigenvalue weighted by atomic mass is 79.9. The molecular formula is C16H13BrN2O2. The number of rotatable bonds is 3. The van der Waals surface area contributed by atoms with E-state index in [0.717, 1.165) is 10.2 Å². The summed E-state index contributed by atoms with van der Waals surface area (Å²) in [6.07, 6.45) is 0.170. The van der Waals surface area contributed by atoms with Crippen molar-refractivity contribution >= 4 is 39.1 Å². The minimum absolute atomic E-state index is 0.170. The number of hydrogen-bond donors (Lipinski definition) is 1. The van der Waals surface area contributed by atoms with Crippen molar-refractivity contribution in [2.45, 2.75) is 12.5 Å². The lowest BCUT2D eigenvalue weighted by Gasteiger charge is -2.16. The summed E-state index contributed by atoms with van der Waals surface area (Å²) in [5.41, 5.74) is 1.44. The van der Waals surface area contributed by atoms with Crippen molar-refractivity contribution in [2.24, 2.45) is 0 Å². The average Bonchev–Trinajstić information content (AvgIpc) is 2.77. The normalized spacial score (nSPS) is 18.1. The number of halogens is 1. The molecular weight excluding hydrogens is 332 g/mol. The molecule has 1 heterocycles. The van der Waals surface area contributed by atoms with E-state index in [0.29, 0.717) is 5.69 Å². The lowest BCUT2D eigenvalue weighted by molar-refractivity contribution is -0.121. The second kappa shape index (κ2) is 5.69. The average molecular weight is 345 g/mol. The number of amides is 2. The number of nitrogens with zero attached hydrogens (tertiary/aromatic N) is 1. The molecule has 1 aliphatic heterocycles. The fraction of sp³-hybridized carbons (Fsp3) is 0.125. The molecule has 0 spiro atoms. The van der Waals surface area contributed by atoms with Crippen molar-refractivity contribution < 1.29 is 9.59 Å². The van der Waals surface area contributed by atoms with Gasteiger partial charge in [-0.25, -0.2) is 4.90 Å². The van der Waals surface area contributed by atoms with Gasteiger partial charge in [-0.1, -0.05) is 34.1 Å². The van der Waals surface area contributed by atoms with Crippen molar-refractivity contribution in [3.8, 4) is 0 Å². The third kappa shape index (κ3) is 2.83. The fourth-order valence-electron chi connectivity index (χ4n) is 2.34. The first-order valence-corrected chi connectivity index (χ1v) is 7.38. The van der Waals surface area contributed by atoms with Crippen LogP contribution in [0.2, 0.25) is 0 Å². The van der Waals surface area contributed by atoms with Crippen LogP contribution < -0.4 is 10.2 Å². The van der Waals surface area contributed by atoms with Gasteiger partial charge >= 0.3 is 0 Å². The number of imide groups is 1. The molecule has 4 nitrogen and oxygen atoms in total. The molecule has 0 bridgehead atoms. The summed E-state index contributed by atoms with van der Waals surface area (Å²) in [6.45, 7) is 0. The number of para-hydroxylation sites is 1. The Morgan fingerprint density at radius 3 is 2.33 bits per heavy atom. The molecule has 1 unspecified atom stereocenters. The molecule has 2 aromatic rings. The predicted molar refractivity (Wildman–Crippen MR) is 85.1 cm³/mol. The van der Waals surface area contributed by atoms with Gasteiger partial charge in [0.05, 0.1) is 12.1 Å². The van der Waals surface area contributed by atoms with E-state index in [1.807, 2.05) is 42.5 Å². The summed E-state index contributed by atoms with van der Waals surface area (Å²) in [6, 6.07) is 16.0. The molecule has 0 saturated carbocycles. The molecule has 1 aliphatic rings. The molecule has 0 aromatic heterocycles. The third-order valence-electron chi connectivity index (χ3n) is 3.35. The first-order valence-electron chi connectivity index (χ1n) is 6.59. The quantitative estimate of drug-likeness (QED) is 0.870. The van der Waals surface area contributed by atoms with Crippen molar-refractivity contribution in [3.05, 3.63) is 59.1 Å². The molecule has 2 amide bonds. The summed E-state index contributed by atoms with van der Waals surface area (Å²) in [5.74, 6) is -0.394.